The number of aromatic carboxylic acids is 1. The Bertz CT molecular complexity index is 436. The van der Waals surface area contributed by atoms with E-state index in [1.165, 1.54) is 6.07 Å². The molecule has 0 atom stereocenters. The van der Waals surface area contributed by atoms with Crippen LogP contribution in [0.4, 0.5) is 0 Å². The second-order valence-corrected chi connectivity index (χ2v) is 2.69. The second kappa shape index (κ2) is 4.24. The summed E-state index contributed by atoms with van der Waals surface area (Å²) in [6.07, 6.45) is 0.443. The lowest BCUT2D eigenvalue weighted by molar-refractivity contribution is -0.103. The summed E-state index contributed by atoms with van der Waals surface area (Å²) in [5.41, 5.74) is 1.27. The van der Waals surface area contributed by atoms with E-state index in [-0.39, 0.29) is 5.56 Å². The SMILES string of the molecule is Cc1cccc(C(=O)O)c1C#CC=O. The number of hydrogen-bond acceptors (Lipinski definition) is 2. The molecule has 0 heterocycles. The number of aldehydes is 1. The fourth-order valence-electron chi connectivity index (χ4n) is 1.11. The Labute approximate surface area is 81.4 Å². The van der Waals surface area contributed by atoms with Crippen molar-refractivity contribution in [2.75, 3.05) is 0 Å². The molecule has 0 spiro atoms. The number of carboxylic acid groups (broad SMARTS) is 1. The first-order chi connectivity index (χ1) is 6.66. The van der Waals surface area contributed by atoms with Crippen molar-refractivity contribution in [3.63, 3.8) is 0 Å². The van der Waals surface area contributed by atoms with E-state index in [2.05, 4.69) is 11.8 Å². The molecule has 0 saturated carbocycles. The number of carbonyl (C=O) groups is 2. The molecule has 0 bridgehead atoms. The van der Waals surface area contributed by atoms with E-state index in [0.717, 1.165) is 5.56 Å². The molecule has 0 aliphatic heterocycles. The zero-order valence-corrected chi connectivity index (χ0v) is 7.57. The largest absolute Gasteiger partial charge is 0.478 e. The van der Waals surface area contributed by atoms with E-state index in [0.29, 0.717) is 11.8 Å². The van der Waals surface area contributed by atoms with Crippen LogP contribution in [-0.2, 0) is 4.79 Å². The second-order valence-electron chi connectivity index (χ2n) is 2.69. The fourth-order valence-corrected chi connectivity index (χ4v) is 1.11. The van der Waals surface area contributed by atoms with Crippen molar-refractivity contribution < 1.29 is 14.7 Å². The van der Waals surface area contributed by atoms with Gasteiger partial charge in [-0.05, 0) is 24.5 Å². The smallest absolute Gasteiger partial charge is 0.336 e. The normalized spacial score (nSPS) is 8.64. The highest BCUT2D eigenvalue weighted by atomic mass is 16.4. The number of carboxylic acids is 1. The molecule has 1 aromatic rings. The minimum atomic E-state index is -1.04. The zero-order valence-electron chi connectivity index (χ0n) is 7.57. The summed E-state index contributed by atoms with van der Waals surface area (Å²) in [7, 11) is 0. The van der Waals surface area contributed by atoms with Crippen LogP contribution in [0.3, 0.4) is 0 Å². The molecule has 0 amide bonds. The molecule has 3 heteroatoms. The Morgan fingerprint density at radius 1 is 1.50 bits per heavy atom. The van der Waals surface area contributed by atoms with Crippen LogP contribution in [0, 0.1) is 18.8 Å². The van der Waals surface area contributed by atoms with Gasteiger partial charge in [0.15, 0.2) is 6.29 Å². The van der Waals surface area contributed by atoms with Crippen LogP contribution in [0.1, 0.15) is 21.5 Å². The van der Waals surface area contributed by atoms with Gasteiger partial charge in [-0.2, -0.15) is 0 Å². The first-order valence-electron chi connectivity index (χ1n) is 3.95. The summed E-state index contributed by atoms with van der Waals surface area (Å²) < 4.78 is 0. The molecular formula is C11H8O3. The van der Waals surface area contributed by atoms with Crippen LogP contribution >= 0.6 is 0 Å². The van der Waals surface area contributed by atoms with Gasteiger partial charge in [0.05, 0.1) is 5.56 Å². The molecule has 0 aliphatic carbocycles. The zero-order chi connectivity index (χ0) is 10.6. The topological polar surface area (TPSA) is 54.4 Å². The van der Waals surface area contributed by atoms with Gasteiger partial charge in [-0.25, -0.2) is 4.79 Å². The fraction of sp³-hybridized carbons (Fsp3) is 0.0909. The number of hydrogen-bond donors (Lipinski definition) is 1. The van der Waals surface area contributed by atoms with Crippen molar-refractivity contribution in [2.45, 2.75) is 6.92 Å². The third-order valence-electron chi connectivity index (χ3n) is 1.76. The Morgan fingerprint density at radius 2 is 2.21 bits per heavy atom. The van der Waals surface area contributed by atoms with Gasteiger partial charge in [-0.3, -0.25) is 4.79 Å². The van der Waals surface area contributed by atoms with Crippen molar-refractivity contribution in [3.05, 3.63) is 34.9 Å². The lowest BCUT2D eigenvalue weighted by Gasteiger charge is -2.01. The van der Waals surface area contributed by atoms with Crippen molar-refractivity contribution in [3.8, 4) is 11.8 Å². The Kier molecular flexibility index (Phi) is 3.03. The lowest BCUT2D eigenvalue weighted by Crippen LogP contribution is -2.01. The van der Waals surface area contributed by atoms with Gasteiger partial charge in [0.1, 0.15) is 0 Å². The maximum Gasteiger partial charge on any atom is 0.336 e. The number of rotatable bonds is 1. The average molecular weight is 188 g/mol. The minimum absolute atomic E-state index is 0.124. The minimum Gasteiger partial charge on any atom is -0.478 e. The number of benzene rings is 1. The molecule has 0 aliphatic rings. The van der Waals surface area contributed by atoms with Crippen LogP contribution in [0.25, 0.3) is 0 Å². The van der Waals surface area contributed by atoms with E-state index in [9.17, 15) is 9.59 Å². The van der Waals surface area contributed by atoms with Crippen LogP contribution in [0.2, 0.25) is 0 Å². The maximum absolute atomic E-state index is 10.8. The van der Waals surface area contributed by atoms with Crippen LogP contribution in [-0.4, -0.2) is 17.4 Å². The molecular weight excluding hydrogens is 180 g/mol. The third-order valence-corrected chi connectivity index (χ3v) is 1.76. The highest BCUT2D eigenvalue weighted by Gasteiger charge is 2.09. The first-order valence-corrected chi connectivity index (χ1v) is 3.95. The summed E-state index contributed by atoms with van der Waals surface area (Å²) in [4.78, 5) is 20.8. The molecule has 0 fully saturated rings. The molecule has 14 heavy (non-hydrogen) atoms. The van der Waals surface area contributed by atoms with Crippen molar-refractivity contribution in [1.82, 2.24) is 0 Å². The van der Waals surface area contributed by atoms with E-state index in [1.807, 2.05) is 0 Å². The molecule has 70 valence electrons. The van der Waals surface area contributed by atoms with Gasteiger partial charge in [-0.1, -0.05) is 18.1 Å². The number of carbonyl (C=O) groups excluding carboxylic acids is 1. The van der Waals surface area contributed by atoms with E-state index < -0.39 is 5.97 Å². The Morgan fingerprint density at radius 3 is 2.79 bits per heavy atom. The van der Waals surface area contributed by atoms with Crippen LogP contribution < -0.4 is 0 Å². The number of aryl methyl sites for hydroxylation is 1. The molecule has 0 unspecified atom stereocenters. The summed E-state index contributed by atoms with van der Waals surface area (Å²) in [6, 6.07) is 4.86. The van der Waals surface area contributed by atoms with E-state index in [1.54, 1.807) is 19.1 Å². The van der Waals surface area contributed by atoms with Gasteiger partial charge in [0, 0.05) is 5.56 Å². The predicted octanol–water partition coefficient (Wildman–Crippen LogP) is 1.24. The van der Waals surface area contributed by atoms with Gasteiger partial charge < -0.3 is 5.11 Å². The Balaban J connectivity index is 3.36. The molecule has 0 aromatic heterocycles. The highest BCUT2D eigenvalue weighted by molar-refractivity contribution is 5.91. The van der Waals surface area contributed by atoms with Gasteiger partial charge >= 0.3 is 5.97 Å². The quantitative estimate of drug-likeness (QED) is 0.533. The summed E-state index contributed by atoms with van der Waals surface area (Å²) >= 11 is 0. The van der Waals surface area contributed by atoms with Crippen molar-refractivity contribution in [1.29, 1.82) is 0 Å². The monoisotopic (exact) mass is 188 g/mol. The highest BCUT2D eigenvalue weighted by Crippen LogP contribution is 2.12. The van der Waals surface area contributed by atoms with E-state index >= 15 is 0 Å². The van der Waals surface area contributed by atoms with Gasteiger partial charge in [0.2, 0.25) is 0 Å². The third kappa shape index (κ3) is 1.99. The van der Waals surface area contributed by atoms with Crippen molar-refractivity contribution in [2.24, 2.45) is 0 Å². The predicted molar refractivity (Wildman–Crippen MR) is 51.1 cm³/mol. The van der Waals surface area contributed by atoms with Gasteiger partial charge in [0.25, 0.3) is 0 Å². The summed E-state index contributed by atoms with van der Waals surface area (Å²) in [5, 5.41) is 8.83. The first kappa shape index (κ1) is 10.0. The van der Waals surface area contributed by atoms with Crippen LogP contribution in [0.15, 0.2) is 18.2 Å². The van der Waals surface area contributed by atoms with Gasteiger partial charge in [-0.15, -0.1) is 0 Å². The van der Waals surface area contributed by atoms with E-state index in [4.69, 9.17) is 5.11 Å². The molecule has 0 radical (unpaired) electrons. The van der Waals surface area contributed by atoms with Crippen molar-refractivity contribution >= 4 is 12.3 Å². The standard InChI is InChI=1S/C11H8O3/c1-8-4-2-5-10(11(13)14)9(8)6-3-7-12/h2,4-5,7H,1H3,(H,13,14). The average Bonchev–Trinajstić information content (AvgIpc) is 2.15. The maximum atomic E-state index is 10.8. The summed E-state index contributed by atoms with van der Waals surface area (Å²) in [6.45, 7) is 1.75. The molecule has 1 N–H and O–H groups in total. The molecule has 1 aromatic carbocycles. The molecule has 0 saturated heterocycles. The molecule has 3 nitrogen and oxygen atoms in total. The Hall–Kier alpha value is -2.08. The van der Waals surface area contributed by atoms with Crippen LogP contribution in [0.5, 0.6) is 0 Å². The molecule has 1 rings (SSSR count). The lowest BCUT2D eigenvalue weighted by atomic mass is 10.0. The summed E-state index contributed by atoms with van der Waals surface area (Å²) in [5.74, 6) is 3.68.